The first kappa shape index (κ1) is 62.7. The number of fused-ring (bicyclic) bond motifs is 5. The number of unbranched alkanes of at least 4 members (excludes halogenated alkanes) is 2. The van der Waals surface area contributed by atoms with E-state index < -0.39 is 102 Å². The molecule has 2 aromatic rings. The Morgan fingerprint density at radius 3 is 2.27 bits per heavy atom. The third kappa shape index (κ3) is 16.5. The first-order valence-electron chi connectivity index (χ1n) is 26.8. The Kier molecular flexibility index (Phi) is 21.5. The van der Waals surface area contributed by atoms with Gasteiger partial charge < -0.3 is 60.7 Å². The van der Waals surface area contributed by atoms with Gasteiger partial charge in [0, 0.05) is 69.5 Å². The highest BCUT2D eigenvalue weighted by atomic mass is 35.5. The summed E-state index contributed by atoms with van der Waals surface area (Å²) in [6.45, 7) is 9.12. The molecule has 4 bridgehead atoms. The second-order valence-electron chi connectivity index (χ2n) is 21.1. The number of alkyl carbamates (subject to hydrolysis) is 1. The molecule has 2 aromatic carbocycles. The van der Waals surface area contributed by atoms with Gasteiger partial charge in [-0.25, -0.2) is 14.4 Å². The second-order valence-corrected chi connectivity index (χ2v) is 21.5. The summed E-state index contributed by atoms with van der Waals surface area (Å²) in [6, 6.07) is 6.52. The minimum Gasteiger partial charge on any atom is -0.495 e. The van der Waals surface area contributed by atoms with E-state index in [1.54, 1.807) is 52.0 Å². The number of amides is 10. The summed E-state index contributed by atoms with van der Waals surface area (Å²) in [6.07, 6.45) is 3.53. The van der Waals surface area contributed by atoms with E-state index in [4.69, 9.17) is 41.0 Å². The van der Waals surface area contributed by atoms with Gasteiger partial charge in [-0.2, -0.15) is 0 Å². The number of nitrogens with two attached hydrogens (primary N) is 1. The van der Waals surface area contributed by atoms with Gasteiger partial charge in [-0.1, -0.05) is 62.6 Å². The number of methoxy groups -OCH3 is 2. The number of carbonyl (C=O) groups is 9. The van der Waals surface area contributed by atoms with E-state index in [1.807, 2.05) is 13.0 Å². The predicted molar refractivity (Wildman–Crippen MR) is 298 cm³/mol. The standard InChI is InChI=1S/C56H74ClN9O15/c1-31(2)48(63-43(67)17-10-9-11-25-66-44(68)22-23-45(66)69)51(72)62-37(15-13-24-59-52(58)73)50(71)60-35-18-20-36(21-19-35)61-53(74)80-42-29-46(70)65(6)38-27-34(28-39(77-7)47(38)57)26-32(3)14-12-16-41(78-8)56(76)30-40(79-54(75)64-56)33(4)49-55(42,5)81-49/h12,14,16,18-23,27-28,31,33,37,40-42,48-49,76H,9-11,13,15,17,24-26,29-30H2,1-8H3,(H,60,71)(H,61,74)(H,62,72)(H,63,67)(H,64,75)(H3,58,59,73)/b16-12+,32-14+/t33-,37+,40+,41-,42+,48+,49+,55+,56+/m1/s1. The third-order valence-electron chi connectivity index (χ3n) is 14.7. The molecule has 2 saturated heterocycles. The number of primary amides is 1. The Balaban J connectivity index is 1.14. The van der Waals surface area contributed by atoms with Crippen LogP contribution in [0.5, 0.6) is 5.75 Å². The molecular weight excluding hydrogens is 1070 g/mol. The highest BCUT2D eigenvalue weighted by Crippen LogP contribution is 2.49. The minimum absolute atomic E-state index is 0.0589. The summed E-state index contributed by atoms with van der Waals surface area (Å²) in [4.78, 5) is 119. The number of hydrogen-bond acceptors (Lipinski definition) is 15. The van der Waals surface area contributed by atoms with Crippen LogP contribution in [0.1, 0.15) is 91.5 Å². The number of benzene rings is 2. The van der Waals surface area contributed by atoms with Crippen LogP contribution in [-0.4, -0.2) is 146 Å². The second kappa shape index (κ2) is 27.8. The fourth-order valence-electron chi connectivity index (χ4n) is 9.96. The molecule has 4 aliphatic rings. The largest absolute Gasteiger partial charge is 0.495 e. The smallest absolute Gasteiger partial charge is 0.412 e. The molecule has 9 atom stereocenters. The van der Waals surface area contributed by atoms with E-state index >= 15 is 0 Å². The number of rotatable bonds is 20. The number of nitrogens with zero attached hydrogens (tertiary/aromatic N) is 2. The topological polar surface area (TPSA) is 328 Å². The predicted octanol–water partition coefficient (Wildman–Crippen LogP) is 4.87. The summed E-state index contributed by atoms with van der Waals surface area (Å²) >= 11 is 6.82. The van der Waals surface area contributed by atoms with Gasteiger partial charge in [0.15, 0.2) is 5.72 Å². The molecule has 0 spiro atoms. The Morgan fingerprint density at radius 2 is 1.63 bits per heavy atom. The molecule has 0 aromatic heterocycles. The Hall–Kier alpha value is -7.54. The quantitative estimate of drug-likeness (QED) is 0.0498. The van der Waals surface area contributed by atoms with Gasteiger partial charge in [0.25, 0.3) is 11.8 Å². The lowest BCUT2D eigenvalue weighted by Gasteiger charge is -2.42. The monoisotopic (exact) mass is 1150 g/mol. The van der Waals surface area contributed by atoms with Gasteiger partial charge in [-0.15, -0.1) is 0 Å². The normalized spacial score (nSPS) is 25.5. The van der Waals surface area contributed by atoms with Gasteiger partial charge in [0.1, 0.15) is 46.8 Å². The lowest BCUT2D eigenvalue weighted by molar-refractivity contribution is -0.142. The van der Waals surface area contributed by atoms with Crippen molar-refractivity contribution >= 4 is 82.3 Å². The van der Waals surface area contributed by atoms with E-state index in [2.05, 4.69) is 31.9 Å². The number of carbonyl (C=O) groups excluding carboxylic acids is 9. The average Bonchev–Trinajstić information content (AvgIpc) is 4.06. The molecule has 4 aliphatic heterocycles. The van der Waals surface area contributed by atoms with Gasteiger partial charge in [-0.3, -0.25) is 44.3 Å². The van der Waals surface area contributed by atoms with Crippen LogP contribution in [0.25, 0.3) is 0 Å². The summed E-state index contributed by atoms with van der Waals surface area (Å²) in [5, 5.41) is 27.9. The van der Waals surface area contributed by atoms with Gasteiger partial charge >= 0.3 is 18.2 Å². The summed E-state index contributed by atoms with van der Waals surface area (Å²) in [5.74, 6) is -3.60. The molecule has 0 aliphatic carbocycles. The molecule has 2 fully saturated rings. The van der Waals surface area contributed by atoms with E-state index in [-0.39, 0.29) is 72.9 Å². The number of imide groups is 1. The zero-order valence-corrected chi connectivity index (χ0v) is 47.5. The Bertz CT molecular complexity index is 2770. The molecule has 81 heavy (non-hydrogen) atoms. The zero-order chi connectivity index (χ0) is 59.3. The number of epoxide rings is 1. The van der Waals surface area contributed by atoms with Crippen molar-refractivity contribution in [2.45, 2.75) is 140 Å². The molecule has 4 heterocycles. The lowest BCUT2D eigenvalue weighted by Crippen LogP contribution is -2.63. The number of hydrogen-bond donors (Lipinski definition) is 8. The number of nitrogens with one attached hydrogen (secondary N) is 6. The van der Waals surface area contributed by atoms with Crippen LogP contribution in [0, 0.1) is 11.8 Å². The fourth-order valence-corrected chi connectivity index (χ4v) is 10.3. The molecule has 0 saturated carbocycles. The van der Waals surface area contributed by atoms with Crippen LogP contribution in [0.3, 0.4) is 0 Å². The van der Waals surface area contributed by atoms with E-state index in [9.17, 15) is 48.3 Å². The van der Waals surface area contributed by atoms with E-state index in [1.165, 1.54) is 62.6 Å². The highest BCUT2D eigenvalue weighted by Gasteiger charge is 2.64. The molecule has 440 valence electrons. The summed E-state index contributed by atoms with van der Waals surface area (Å²) < 4.78 is 29.3. The fraction of sp³-hybridized carbons (Fsp3) is 0.518. The summed E-state index contributed by atoms with van der Waals surface area (Å²) in [7, 11) is 4.40. The average molecular weight is 1150 g/mol. The number of anilines is 3. The number of halogens is 1. The Labute approximate surface area is 475 Å². The van der Waals surface area contributed by atoms with Crippen molar-refractivity contribution in [2.24, 2.45) is 17.6 Å². The van der Waals surface area contributed by atoms with Gasteiger partial charge in [0.2, 0.25) is 23.6 Å². The maximum atomic E-state index is 14.4. The van der Waals surface area contributed by atoms with E-state index in [0.29, 0.717) is 37.1 Å². The van der Waals surface area contributed by atoms with Crippen molar-refractivity contribution in [1.29, 1.82) is 0 Å². The molecule has 0 unspecified atom stereocenters. The van der Waals surface area contributed by atoms with Crippen molar-refractivity contribution in [3.63, 3.8) is 0 Å². The lowest BCUT2D eigenvalue weighted by atomic mass is 9.83. The SMILES string of the molecule is COc1cc2cc(c1Cl)N(C)C(=O)C[C@H](OC(=O)Nc1ccc(NC(=O)[C@H](CCCNC(N)=O)NC(=O)[C@@H](NC(=O)CCCCCN3C(=O)C=CC3=O)C(C)C)cc1)[C@]1(C)O[C@H]1[C@H](C)[C@@H]1C[C@@](O)(NC(=O)O1)[C@H](OC)/C=C/C=C(\C)C2. The zero-order valence-electron chi connectivity index (χ0n) is 46.8. The van der Waals surface area contributed by atoms with Crippen molar-refractivity contribution in [2.75, 3.05) is 49.9 Å². The van der Waals surface area contributed by atoms with Crippen molar-refractivity contribution in [3.8, 4) is 5.75 Å². The first-order valence-corrected chi connectivity index (χ1v) is 27.2. The molecule has 25 heteroatoms. The number of urea groups is 1. The first-order chi connectivity index (χ1) is 38.4. The van der Waals surface area contributed by atoms with Crippen LogP contribution in [0.15, 0.2) is 72.4 Å². The van der Waals surface area contributed by atoms with Gasteiger partial charge in [0.05, 0.1) is 25.3 Å². The molecule has 9 N–H and O–H groups in total. The van der Waals surface area contributed by atoms with Crippen LogP contribution < -0.4 is 47.3 Å². The number of aliphatic hydroxyl groups is 1. The molecule has 24 nitrogen and oxygen atoms in total. The van der Waals surface area contributed by atoms with Crippen LogP contribution >= 0.6 is 11.6 Å². The Morgan fingerprint density at radius 1 is 0.951 bits per heavy atom. The van der Waals surface area contributed by atoms with Crippen LogP contribution in [-0.2, 0) is 54.1 Å². The third-order valence-corrected chi connectivity index (χ3v) is 15.0. The van der Waals surface area contributed by atoms with Crippen LogP contribution in [0.4, 0.5) is 31.4 Å². The van der Waals surface area contributed by atoms with Crippen molar-refractivity contribution < 1.29 is 71.9 Å². The molecule has 10 amide bonds. The van der Waals surface area contributed by atoms with Gasteiger partial charge in [-0.05, 0) is 93.8 Å². The molecule has 6 rings (SSSR count). The maximum absolute atomic E-state index is 14.4. The number of ether oxygens (including phenoxy) is 5. The summed E-state index contributed by atoms with van der Waals surface area (Å²) in [5.41, 5.74) is 4.47. The highest BCUT2D eigenvalue weighted by molar-refractivity contribution is 6.35. The maximum Gasteiger partial charge on any atom is 0.412 e. The minimum atomic E-state index is -1.90. The molecule has 0 radical (unpaired) electrons. The van der Waals surface area contributed by atoms with E-state index in [0.717, 1.165) is 16.0 Å². The van der Waals surface area contributed by atoms with Crippen molar-refractivity contribution in [3.05, 3.63) is 82.9 Å². The molecular formula is C56H74ClN9O15. The number of allylic oxidation sites excluding steroid dienone is 3. The van der Waals surface area contributed by atoms with Crippen molar-refractivity contribution in [1.82, 2.24) is 26.2 Å². The van der Waals surface area contributed by atoms with Crippen LogP contribution in [0.2, 0.25) is 5.02 Å².